The maximum absolute atomic E-state index is 11.5. The van der Waals surface area contributed by atoms with Gasteiger partial charge in [0.1, 0.15) is 6.33 Å². The van der Waals surface area contributed by atoms with Crippen molar-refractivity contribution in [3.05, 3.63) is 60.4 Å². The lowest BCUT2D eigenvalue weighted by molar-refractivity contribution is 0.554. The summed E-state index contributed by atoms with van der Waals surface area (Å²) < 4.78 is 25.0. The summed E-state index contributed by atoms with van der Waals surface area (Å²) in [5.41, 5.74) is 4.27. The van der Waals surface area contributed by atoms with Gasteiger partial charge in [-0.25, -0.2) is 13.4 Å². The van der Waals surface area contributed by atoms with Crippen LogP contribution in [0.3, 0.4) is 0 Å². The Kier molecular flexibility index (Phi) is 3.86. The number of hydrogen-bond acceptors (Lipinski definition) is 4. The zero-order valence-corrected chi connectivity index (χ0v) is 14.0. The quantitative estimate of drug-likeness (QED) is 0.791. The van der Waals surface area contributed by atoms with Crippen molar-refractivity contribution in [3.63, 3.8) is 0 Å². The van der Waals surface area contributed by atoms with Gasteiger partial charge in [0.05, 0.1) is 22.5 Å². The first-order valence-corrected chi connectivity index (χ1v) is 9.88. The second-order valence-corrected chi connectivity index (χ2v) is 8.48. The van der Waals surface area contributed by atoms with E-state index in [1.54, 1.807) is 0 Å². The van der Waals surface area contributed by atoms with E-state index in [0.717, 1.165) is 22.3 Å². The third-order valence-electron chi connectivity index (χ3n) is 4.50. The van der Waals surface area contributed by atoms with Crippen LogP contribution >= 0.6 is 0 Å². The summed E-state index contributed by atoms with van der Waals surface area (Å²) in [6.45, 7) is 0.686. The molecule has 2 heterocycles. The lowest BCUT2D eigenvalue weighted by Gasteiger charge is -2.11. The van der Waals surface area contributed by atoms with Crippen molar-refractivity contribution in [1.29, 1.82) is 0 Å². The molecule has 0 aliphatic carbocycles. The number of imidazole rings is 1. The molecule has 0 saturated carbocycles. The Morgan fingerprint density at radius 1 is 1.12 bits per heavy atom. The molecular weight excluding hydrogens is 322 g/mol. The number of para-hydroxylation sites is 2. The van der Waals surface area contributed by atoms with E-state index in [1.165, 1.54) is 0 Å². The molecule has 124 valence electrons. The van der Waals surface area contributed by atoms with Crippen LogP contribution in [0.4, 0.5) is 0 Å². The number of nitrogens with one attached hydrogen (secondary N) is 1. The van der Waals surface area contributed by atoms with Gasteiger partial charge in [-0.15, -0.1) is 0 Å². The lowest BCUT2D eigenvalue weighted by atomic mass is 10.2. The van der Waals surface area contributed by atoms with Gasteiger partial charge in [-0.05, 0) is 36.2 Å². The van der Waals surface area contributed by atoms with Crippen molar-refractivity contribution in [2.24, 2.45) is 0 Å². The molecule has 0 amide bonds. The van der Waals surface area contributed by atoms with Gasteiger partial charge in [-0.1, -0.05) is 24.3 Å². The molecule has 5 nitrogen and oxygen atoms in total. The molecule has 1 aliphatic rings. The maximum Gasteiger partial charge on any atom is 0.151 e. The Morgan fingerprint density at radius 3 is 2.67 bits per heavy atom. The number of hydrogen-bond donors (Lipinski definition) is 1. The van der Waals surface area contributed by atoms with E-state index in [4.69, 9.17) is 0 Å². The molecule has 3 aromatic rings. The normalized spacial score (nSPS) is 19.8. The molecule has 1 saturated heterocycles. The van der Waals surface area contributed by atoms with Gasteiger partial charge in [-0.3, -0.25) is 4.57 Å². The molecule has 0 spiro atoms. The Bertz CT molecular complexity index is 961. The monoisotopic (exact) mass is 341 g/mol. The summed E-state index contributed by atoms with van der Waals surface area (Å²) in [7, 11) is -2.83. The van der Waals surface area contributed by atoms with Crippen LogP contribution in [0, 0.1) is 0 Å². The van der Waals surface area contributed by atoms with E-state index >= 15 is 0 Å². The Labute approximate surface area is 141 Å². The number of rotatable bonds is 4. The van der Waals surface area contributed by atoms with Crippen molar-refractivity contribution < 1.29 is 8.42 Å². The number of nitrogens with zero attached hydrogens (tertiary/aromatic N) is 2. The number of aromatic nitrogens is 2. The first-order valence-electron chi connectivity index (χ1n) is 8.06. The molecule has 2 aromatic carbocycles. The van der Waals surface area contributed by atoms with Gasteiger partial charge in [0, 0.05) is 18.3 Å². The number of sulfone groups is 1. The van der Waals surface area contributed by atoms with E-state index in [0.29, 0.717) is 18.7 Å². The van der Waals surface area contributed by atoms with Gasteiger partial charge in [-0.2, -0.15) is 0 Å². The summed E-state index contributed by atoms with van der Waals surface area (Å²) in [5.74, 6) is 0.559. The maximum atomic E-state index is 11.5. The highest BCUT2D eigenvalue weighted by molar-refractivity contribution is 7.91. The van der Waals surface area contributed by atoms with Crippen LogP contribution in [0.1, 0.15) is 12.0 Å². The number of benzene rings is 2. The van der Waals surface area contributed by atoms with E-state index in [-0.39, 0.29) is 11.8 Å². The average Bonchev–Trinajstić information content (AvgIpc) is 3.16. The van der Waals surface area contributed by atoms with E-state index in [2.05, 4.69) is 45.2 Å². The zero-order chi connectivity index (χ0) is 16.6. The smallest absolute Gasteiger partial charge is 0.151 e. The van der Waals surface area contributed by atoms with Gasteiger partial charge in [0.2, 0.25) is 0 Å². The predicted octanol–water partition coefficient (Wildman–Crippen LogP) is 2.30. The molecule has 6 heteroatoms. The predicted molar refractivity (Wildman–Crippen MR) is 95.0 cm³/mol. The van der Waals surface area contributed by atoms with Crippen LogP contribution in [-0.4, -0.2) is 35.5 Å². The molecule has 0 unspecified atom stereocenters. The van der Waals surface area contributed by atoms with Crippen LogP contribution in [0.5, 0.6) is 0 Å². The molecule has 1 aliphatic heterocycles. The topological polar surface area (TPSA) is 64.0 Å². The number of fused-ring (bicyclic) bond motifs is 1. The van der Waals surface area contributed by atoms with Crippen LogP contribution in [-0.2, 0) is 16.4 Å². The van der Waals surface area contributed by atoms with Gasteiger partial charge < -0.3 is 5.32 Å². The highest BCUT2D eigenvalue weighted by Crippen LogP contribution is 2.18. The Morgan fingerprint density at radius 2 is 1.92 bits per heavy atom. The van der Waals surface area contributed by atoms with Crippen LogP contribution in [0.25, 0.3) is 16.7 Å². The lowest BCUT2D eigenvalue weighted by Crippen LogP contribution is -2.29. The van der Waals surface area contributed by atoms with Crippen molar-refractivity contribution in [2.75, 3.05) is 11.5 Å². The standard InChI is InChI=1S/C18H19N3O2S/c22-24(23)10-9-15(12-24)19-11-14-5-7-16(8-6-14)21-13-20-17-3-1-2-4-18(17)21/h1-8,13,15,19H,9-12H2/t15-/m1/s1. The fourth-order valence-electron chi connectivity index (χ4n) is 3.16. The summed E-state index contributed by atoms with van der Waals surface area (Å²) in [4.78, 5) is 4.41. The first kappa shape index (κ1) is 15.4. The summed E-state index contributed by atoms with van der Waals surface area (Å²) in [6.07, 6.45) is 2.54. The minimum Gasteiger partial charge on any atom is -0.309 e. The van der Waals surface area contributed by atoms with Crippen LogP contribution in [0.2, 0.25) is 0 Å². The zero-order valence-electron chi connectivity index (χ0n) is 13.2. The van der Waals surface area contributed by atoms with Crippen molar-refractivity contribution >= 4 is 20.9 Å². The third kappa shape index (κ3) is 3.07. The second kappa shape index (κ2) is 6.03. The largest absolute Gasteiger partial charge is 0.309 e. The Balaban J connectivity index is 1.47. The molecule has 0 radical (unpaired) electrons. The van der Waals surface area contributed by atoms with Crippen LogP contribution < -0.4 is 5.32 Å². The van der Waals surface area contributed by atoms with E-state index in [1.807, 2.05) is 24.5 Å². The summed E-state index contributed by atoms with van der Waals surface area (Å²) >= 11 is 0. The second-order valence-electron chi connectivity index (χ2n) is 6.25. The average molecular weight is 341 g/mol. The minimum atomic E-state index is -2.83. The highest BCUT2D eigenvalue weighted by Gasteiger charge is 2.27. The van der Waals surface area contributed by atoms with Crippen molar-refractivity contribution in [1.82, 2.24) is 14.9 Å². The van der Waals surface area contributed by atoms with Gasteiger partial charge in [0.15, 0.2) is 9.84 Å². The Hall–Kier alpha value is -2.18. The molecule has 1 atom stereocenters. The summed E-state index contributed by atoms with van der Waals surface area (Å²) in [5, 5.41) is 3.34. The molecule has 0 bridgehead atoms. The van der Waals surface area contributed by atoms with Gasteiger partial charge in [0.25, 0.3) is 0 Å². The highest BCUT2D eigenvalue weighted by atomic mass is 32.2. The molecule has 1 aromatic heterocycles. The molecule has 1 N–H and O–H groups in total. The fraction of sp³-hybridized carbons (Fsp3) is 0.278. The first-order chi connectivity index (χ1) is 11.6. The summed E-state index contributed by atoms with van der Waals surface area (Å²) in [6, 6.07) is 16.4. The fourth-order valence-corrected chi connectivity index (χ4v) is 4.87. The molecule has 1 fully saturated rings. The van der Waals surface area contributed by atoms with Gasteiger partial charge >= 0.3 is 0 Å². The minimum absolute atomic E-state index is 0.0762. The SMILES string of the molecule is O=S1(=O)CC[C@@H](NCc2ccc(-n3cnc4ccccc43)cc2)C1. The third-order valence-corrected chi connectivity index (χ3v) is 6.26. The van der Waals surface area contributed by atoms with Crippen LogP contribution in [0.15, 0.2) is 54.9 Å². The van der Waals surface area contributed by atoms with Crippen molar-refractivity contribution in [2.45, 2.75) is 19.0 Å². The molecule has 24 heavy (non-hydrogen) atoms. The van der Waals surface area contributed by atoms with Crippen molar-refractivity contribution in [3.8, 4) is 5.69 Å². The van der Waals surface area contributed by atoms with E-state index < -0.39 is 9.84 Å². The molecule has 4 rings (SSSR count). The van der Waals surface area contributed by atoms with E-state index in [9.17, 15) is 8.42 Å². The molecular formula is C18H19N3O2S.